The summed E-state index contributed by atoms with van der Waals surface area (Å²) in [5.74, 6) is 0.525. The van der Waals surface area contributed by atoms with Gasteiger partial charge in [0.25, 0.3) is 0 Å². The third-order valence-electron chi connectivity index (χ3n) is 4.30. The number of hydrogen-bond acceptors (Lipinski definition) is 4. The van der Waals surface area contributed by atoms with E-state index in [2.05, 4.69) is 9.98 Å². The monoisotopic (exact) mass is 352 g/mol. The van der Waals surface area contributed by atoms with E-state index < -0.39 is 0 Å². The maximum absolute atomic E-state index is 10.1. The first-order valence-electron chi connectivity index (χ1n) is 9.12. The molecular weight excluding hydrogens is 324 g/mol. The van der Waals surface area contributed by atoms with E-state index in [1.807, 2.05) is 52.0 Å². The first-order valence-corrected chi connectivity index (χ1v) is 9.12. The number of rotatable bonds is 7. The van der Waals surface area contributed by atoms with Crippen LogP contribution in [0.2, 0.25) is 0 Å². The standard InChI is InChI=1S/C22H28N2O2/c1-5-19(17-13-15(3)7-9-21(17)25)23-11-12-24-20(6-2)18-14-16(4)8-10-22(18)26/h7-10,13-14,25-26H,5-6,11-12H2,1-4H3. The fourth-order valence-electron chi connectivity index (χ4n) is 2.91. The highest BCUT2D eigenvalue weighted by atomic mass is 16.3. The molecule has 0 saturated carbocycles. The Bertz CT molecular complexity index is 753. The van der Waals surface area contributed by atoms with Gasteiger partial charge >= 0.3 is 0 Å². The van der Waals surface area contributed by atoms with Gasteiger partial charge in [0.2, 0.25) is 0 Å². The minimum atomic E-state index is 0.263. The Morgan fingerprint density at radius 1 is 0.731 bits per heavy atom. The van der Waals surface area contributed by atoms with Crippen LogP contribution in [-0.2, 0) is 0 Å². The zero-order valence-corrected chi connectivity index (χ0v) is 16.1. The van der Waals surface area contributed by atoms with Gasteiger partial charge in [0.05, 0.1) is 13.1 Å². The molecule has 2 aromatic carbocycles. The number of aliphatic imine (C=N–C) groups is 2. The average molecular weight is 352 g/mol. The quantitative estimate of drug-likeness (QED) is 0.554. The van der Waals surface area contributed by atoms with Crippen LogP contribution in [-0.4, -0.2) is 34.7 Å². The Morgan fingerprint density at radius 3 is 1.46 bits per heavy atom. The van der Waals surface area contributed by atoms with E-state index in [-0.39, 0.29) is 11.5 Å². The van der Waals surface area contributed by atoms with Crippen molar-refractivity contribution in [1.29, 1.82) is 0 Å². The summed E-state index contributed by atoms with van der Waals surface area (Å²) < 4.78 is 0. The molecule has 26 heavy (non-hydrogen) atoms. The van der Waals surface area contributed by atoms with E-state index >= 15 is 0 Å². The van der Waals surface area contributed by atoms with Crippen LogP contribution >= 0.6 is 0 Å². The lowest BCUT2D eigenvalue weighted by atomic mass is 10.0. The highest BCUT2D eigenvalue weighted by Crippen LogP contribution is 2.21. The molecule has 0 unspecified atom stereocenters. The Kier molecular flexibility index (Phi) is 6.96. The number of nitrogens with zero attached hydrogens (tertiary/aromatic N) is 2. The number of hydrogen-bond donors (Lipinski definition) is 2. The summed E-state index contributed by atoms with van der Waals surface area (Å²) in [4.78, 5) is 9.28. The van der Waals surface area contributed by atoms with Gasteiger partial charge < -0.3 is 10.2 Å². The molecule has 2 aromatic rings. The van der Waals surface area contributed by atoms with Gasteiger partial charge in [-0.2, -0.15) is 0 Å². The number of aryl methyl sites for hydroxylation is 2. The Hall–Kier alpha value is -2.62. The minimum absolute atomic E-state index is 0.263. The van der Waals surface area contributed by atoms with E-state index in [4.69, 9.17) is 0 Å². The minimum Gasteiger partial charge on any atom is -0.507 e. The van der Waals surface area contributed by atoms with Crippen molar-refractivity contribution in [2.45, 2.75) is 40.5 Å². The van der Waals surface area contributed by atoms with Crippen LogP contribution in [0.5, 0.6) is 11.5 Å². The van der Waals surface area contributed by atoms with E-state index in [9.17, 15) is 10.2 Å². The molecule has 0 radical (unpaired) electrons. The molecule has 0 aliphatic heterocycles. The molecule has 0 aliphatic rings. The lowest BCUT2D eigenvalue weighted by Gasteiger charge is -2.09. The van der Waals surface area contributed by atoms with Gasteiger partial charge in [0, 0.05) is 22.6 Å². The first kappa shape index (κ1) is 19.7. The van der Waals surface area contributed by atoms with Gasteiger partial charge in [0.1, 0.15) is 11.5 Å². The smallest absolute Gasteiger partial charge is 0.124 e. The van der Waals surface area contributed by atoms with Crippen molar-refractivity contribution in [3.63, 3.8) is 0 Å². The van der Waals surface area contributed by atoms with Crippen molar-refractivity contribution in [2.24, 2.45) is 9.98 Å². The van der Waals surface area contributed by atoms with Crippen molar-refractivity contribution in [1.82, 2.24) is 0 Å². The van der Waals surface area contributed by atoms with Crippen LogP contribution in [0.1, 0.15) is 48.9 Å². The molecule has 0 aliphatic carbocycles. The summed E-state index contributed by atoms with van der Waals surface area (Å²) in [5, 5.41) is 20.2. The van der Waals surface area contributed by atoms with Crippen molar-refractivity contribution in [3.8, 4) is 11.5 Å². The molecular formula is C22H28N2O2. The van der Waals surface area contributed by atoms with Crippen molar-refractivity contribution < 1.29 is 10.2 Å². The maximum atomic E-state index is 10.1. The second kappa shape index (κ2) is 9.18. The molecule has 0 bridgehead atoms. The van der Waals surface area contributed by atoms with Gasteiger partial charge in [-0.3, -0.25) is 9.98 Å². The molecule has 0 saturated heterocycles. The summed E-state index contributed by atoms with van der Waals surface area (Å²) >= 11 is 0. The summed E-state index contributed by atoms with van der Waals surface area (Å²) in [6.45, 7) is 9.17. The van der Waals surface area contributed by atoms with E-state index in [1.54, 1.807) is 12.1 Å². The second-order valence-electron chi connectivity index (χ2n) is 6.41. The highest BCUT2D eigenvalue weighted by molar-refractivity contribution is 6.03. The fourth-order valence-corrected chi connectivity index (χ4v) is 2.91. The Balaban J connectivity index is 2.15. The maximum Gasteiger partial charge on any atom is 0.124 e. The Morgan fingerprint density at radius 2 is 1.12 bits per heavy atom. The lowest BCUT2D eigenvalue weighted by Crippen LogP contribution is -2.05. The molecule has 0 aromatic heterocycles. The SMILES string of the molecule is CCC(=NCCN=C(CC)c1cc(C)ccc1O)c1cc(C)ccc1O. The predicted octanol–water partition coefficient (Wildman–Crippen LogP) is 4.81. The van der Waals surface area contributed by atoms with Crippen LogP contribution in [0, 0.1) is 13.8 Å². The molecule has 4 nitrogen and oxygen atoms in total. The van der Waals surface area contributed by atoms with Crippen LogP contribution in [0.4, 0.5) is 0 Å². The summed E-state index contributed by atoms with van der Waals surface area (Å²) in [6, 6.07) is 11.1. The molecule has 2 rings (SSSR count). The van der Waals surface area contributed by atoms with Gasteiger partial charge in [-0.1, -0.05) is 37.1 Å². The summed E-state index contributed by atoms with van der Waals surface area (Å²) in [6.07, 6.45) is 1.50. The van der Waals surface area contributed by atoms with Crippen LogP contribution in [0.25, 0.3) is 0 Å². The topological polar surface area (TPSA) is 65.2 Å². The number of aromatic hydroxyl groups is 2. The first-order chi connectivity index (χ1) is 12.5. The van der Waals surface area contributed by atoms with Gasteiger partial charge in [0.15, 0.2) is 0 Å². The highest BCUT2D eigenvalue weighted by Gasteiger charge is 2.09. The normalized spacial score (nSPS) is 12.5. The van der Waals surface area contributed by atoms with Gasteiger partial charge in [-0.05, 0) is 51.0 Å². The molecule has 0 fully saturated rings. The van der Waals surface area contributed by atoms with Gasteiger partial charge in [-0.15, -0.1) is 0 Å². The van der Waals surface area contributed by atoms with Crippen molar-refractivity contribution in [2.75, 3.05) is 13.1 Å². The van der Waals surface area contributed by atoms with Crippen molar-refractivity contribution >= 4 is 11.4 Å². The predicted molar refractivity (Wildman–Crippen MR) is 109 cm³/mol. The molecule has 0 atom stereocenters. The molecule has 138 valence electrons. The average Bonchev–Trinajstić information content (AvgIpc) is 2.63. The molecule has 0 amide bonds. The number of phenols is 2. The van der Waals surface area contributed by atoms with Crippen LogP contribution in [0.15, 0.2) is 46.4 Å². The summed E-state index contributed by atoms with van der Waals surface area (Å²) in [7, 11) is 0. The van der Waals surface area contributed by atoms with E-state index in [0.29, 0.717) is 13.1 Å². The number of benzene rings is 2. The fraction of sp³-hybridized carbons (Fsp3) is 0.364. The van der Waals surface area contributed by atoms with E-state index in [1.165, 1.54) is 0 Å². The lowest BCUT2D eigenvalue weighted by molar-refractivity contribution is 0.473. The largest absolute Gasteiger partial charge is 0.507 e. The second-order valence-corrected chi connectivity index (χ2v) is 6.41. The van der Waals surface area contributed by atoms with Crippen molar-refractivity contribution in [3.05, 3.63) is 58.7 Å². The van der Waals surface area contributed by atoms with Crippen LogP contribution in [0.3, 0.4) is 0 Å². The Labute approximate surface area is 156 Å². The zero-order chi connectivity index (χ0) is 19.1. The number of phenolic OH excluding ortho intramolecular Hbond substituents is 2. The summed E-state index contributed by atoms with van der Waals surface area (Å²) in [5.41, 5.74) is 5.56. The zero-order valence-electron chi connectivity index (χ0n) is 16.1. The van der Waals surface area contributed by atoms with Crippen LogP contribution < -0.4 is 0 Å². The molecule has 0 spiro atoms. The molecule has 0 heterocycles. The third kappa shape index (κ3) is 4.94. The molecule has 2 N–H and O–H groups in total. The third-order valence-corrected chi connectivity index (χ3v) is 4.30. The van der Waals surface area contributed by atoms with Gasteiger partial charge in [-0.25, -0.2) is 0 Å². The molecule has 4 heteroatoms. The van der Waals surface area contributed by atoms with E-state index in [0.717, 1.165) is 46.5 Å².